The average Bonchev–Trinajstić information content (AvgIpc) is 2.96. The molecule has 134 valence electrons. The van der Waals surface area contributed by atoms with E-state index in [4.69, 9.17) is 9.72 Å². The van der Waals surface area contributed by atoms with Gasteiger partial charge < -0.3 is 15.0 Å². The molecule has 0 spiro atoms. The van der Waals surface area contributed by atoms with Gasteiger partial charge in [-0.1, -0.05) is 6.07 Å². The Morgan fingerprint density at radius 2 is 1.92 bits per heavy atom. The second kappa shape index (κ2) is 6.70. The van der Waals surface area contributed by atoms with Gasteiger partial charge in [0, 0.05) is 22.7 Å². The summed E-state index contributed by atoms with van der Waals surface area (Å²) in [7, 11) is 4.16. The number of nitrogens with one attached hydrogen (secondary N) is 1. The molecular weight excluding hydrogens is 344 g/mol. The Morgan fingerprint density at radius 1 is 1.15 bits per heavy atom. The van der Waals surface area contributed by atoms with Crippen LogP contribution in [-0.2, 0) is 13.2 Å². The van der Waals surface area contributed by atoms with Crippen molar-refractivity contribution in [2.45, 2.75) is 27.0 Å². The lowest BCUT2D eigenvalue weighted by Gasteiger charge is -2.17. The molecule has 1 aliphatic rings. The summed E-state index contributed by atoms with van der Waals surface area (Å²) in [5.41, 5.74) is 5.45. The third-order valence-corrected chi connectivity index (χ3v) is 5.27. The van der Waals surface area contributed by atoms with Crippen molar-refractivity contribution in [3.05, 3.63) is 51.3 Å². The Kier molecular flexibility index (Phi) is 4.38. The molecule has 0 radical (unpaired) electrons. The summed E-state index contributed by atoms with van der Waals surface area (Å²) in [6, 6.07) is 8.57. The van der Waals surface area contributed by atoms with E-state index in [1.165, 1.54) is 26.4 Å². The smallest absolute Gasteiger partial charge is 0.227 e. The fraction of sp³-hybridized carbons (Fsp3) is 0.300. The van der Waals surface area contributed by atoms with Crippen LogP contribution in [0.25, 0.3) is 11.3 Å². The zero-order valence-electron chi connectivity index (χ0n) is 15.5. The molecule has 0 bridgehead atoms. The third kappa shape index (κ3) is 3.43. The summed E-state index contributed by atoms with van der Waals surface area (Å²) in [6.07, 6.45) is 1.76. The lowest BCUT2D eigenvalue weighted by molar-refractivity contribution is 0.303. The van der Waals surface area contributed by atoms with Gasteiger partial charge in [0.05, 0.1) is 11.1 Å². The fourth-order valence-corrected chi connectivity index (χ4v) is 4.43. The molecular formula is C20H22N4OS. The highest BCUT2D eigenvalue weighted by molar-refractivity contribution is 7.12. The number of hydrogen-bond acceptors (Lipinski definition) is 6. The van der Waals surface area contributed by atoms with Crippen LogP contribution in [0.4, 0.5) is 11.6 Å². The number of benzene rings is 1. The Bertz CT molecular complexity index is 944. The van der Waals surface area contributed by atoms with Gasteiger partial charge in [0.25, 0.3) is 0 Å². The summed E-state index contributed by atoms with van der Waals surface area (Å²) in [4.78, 5) is 13.9. The Balaban J connectivity index is 1.67. The molecule has 4 rings (SSSR count). The summed E-state index contributed by atoms with van der Waals surface area (Å²) >= 11 is 1.79. The van der Waals surface area contributed by atoms with E-state index in [1.807, 2.05) is 0 Å². The van der Waals surface area contributed by atoms with E-state index in [9.17, 15) is 0 Å². The molecule has 5 nitrogen and oxygen atoms in total. The Labute approximate surface area is 157 Å². The van der Waals surface area contributed by atoms with Gasteiger partial charge in [0.2, 0.25) is 5.95 Å². The van der Waals surface area contributed by atoms with Gasteiger partial charge in [0.15, 0.2) is 5.75 Å². The van der Waals surface area contributed by atoms with Crippen LogP contribution in [0.1, 0.15) is 20.9 Å². The molecule has 0 atom stereocenters. The molecule has 6 heteroatoms. The maximum absolute atomic E-state index is 5.86. The quantitative estimate of drug-likeness (QED) is 0.736. The Morgan fingerprint density at radius 3 is 2.65 bits per heavy atom. The topological polar surface area (TPSA) is 50.3 Å². The minimum Gasteiger partial charge on any atom is -0.484 e. The molecule has 3 aromatic rings. The van der Waals surface area contributed by atoms with Gasteiger partial charge in [0.1, 0.15) is 12.3 Å². The van der Waals surface area contributed by atoms with Crippen molar-refractivity contribution in [2.75, 3.05) is 19.4 Å². The molecule has 1 aromatic carbocycles. The van der Waals surface area contributed by atoms with Gasteiger partial charge in [-0.2, -0.15) is 0 Å². The first kappa shape index (κ1) is 17.0. The normalized spacial score (nSPS) is 12.5. The van der Waals surface area contributed by atoms with Crippen LogP contribution < -0.4 is 10.1 Å². The number of anilines is 2. The predicted molar refractivity (Wildman–Crippen MR) is 106 cm³/mol. The first-order valence-electron chi connectivity index (χ1n) is 8.60. The lowest BCUT2D eigenvalue weighted by atomic mass is 10.1. The fourth-order valence-electron chi connectivity index (χ4n) is 3.23. The minimum absolute atomic E-state index is 0.588. The first-order valence-corrected chi connectivity index (χ1v) is 9.41. The maximum atomic E-state index is 5.86. The first-order chi connectivity index (χ1) is 12.5. The van der Waals surface area contributed by atoms with Crippen LogP contribution >= 0.6 is 11.3 Å². The predicted octanol–water partition coefficient (Wildman–Crippen LogP) is 4.52. The number of aryl methyl sites for hydroxylation is 2. The number of nitrogens with zero attached hydrogens (tertiary/aromatic N) is 3. The minimum atomic E-state index is 0.588. The highest BCUT2D eigenvalue weighted by Gasteiger charge is 2.23. The van der Waals surface area contributed by atoms with Crippen molar-refractivity contribution in [3.8, 4) is 17.0 Å². The van der Waals surface area contributed by atoms with E-state index >= 15 is 0 Å². The van der Waals surface area contributed by atoms with E-state index in [1.54, 1.807) is 17.5 Å². The number of thiophene rings is 1. The SMILES string of the molecule is Cc1cc(C)cc(Nc2ncc3c(n2)-c2cc(CN(C)C)sc2CO3)c1. The van der Waals surface area contributed by atoms with Gasteiger partial charge >= 0.3 is 0 Å². The van der Waals surface area contributed by atoms with Crippen molar-refractivity contribution in [1.82, 2.24) is 14.9 Å². The number of rotatable bonds is 4. The highest BCUT2D eigenvalue weighted by Crippen LogP contribution is 2.40. The van der Waals surface area contributed by atoms with Crippen LogP contribution in [-0.4, -0.2) is 29.0 Å². The van der Waals surface area contributed by atoms with Crippen molar-refractivity contribution in [3.63, 3.8) is 0 Å². The van der Waals surface area contributed by atoms with Gasteiger partial charge in [-0.05, 0) is 57.3 Å². The van der Waals surface area contributed by atoms with Gasteiger partial charge in [-0.15, -0.1) is 11.3 Å². The second-order valence-electron chi connectivity index (χ2n) is 6.98. The molecule has 0 unspecified atom stereocenters. The number of fused-ring (bicyclic) bond motifs is 3. The molecule has 1 N–H and O–H groups in total. The monoisotopic (exact) mass is 366 g/mol. The van der Waals surface area contributed by atoms with Gasteiger partial charge in [-0.3, -0.25) is 0 Å². The molecule has 0 aliphatic carbocycles. The van der Waals surface area contributed by atoms with Crippen LogP contribution in [0.15, 0.2) is 30.5 Å². The van der Waals surface area contributed by atoms with Crippen LogP contribution in [0.3, 0.4) is 0 Å². The third-order valence-electron chi connectivity index (χ3n) is 4.18. The molecule has 0 fully saturated rings. The van der Waals surface area contributed by atoms with E-state index in [0.717, 1.165) is 23.7 Å². The maximum Gasteiger partial charge on any atom is 0.227 e. The van der Waals surface area contributed by atoms with E-state index in [2.05, 4.69) is 67.4 Å². The molecule has 0 saturated heterocycles. The van der Waals surface area contributed by atoms with Crippen LogP contribution in [0.5, 0.6) is 5.75 Å². The summed E-state index contributed by atoms with van der Waals surface area (Å²) in [5.74, 6) is 1.34. The summed E-state index contributed by atoms with van der Waals surface area (Å²) in [6.45, 7) is 5.69. The van der Waals surface area contributed by atoms with Crippen LogP contribution in [0, 0.1) is 13.8 Å². The summed E-state index contributed by atoms with van der Waals surface area (Å²) < 4.78 is 5.86. The van der Waals surface area contributed by atoms with E-state index in [-0.39, 0.29) is 0 Å². The molecule has 26 heavy (non-hydrogen) atoms. The lowest BCUT2D eigenvalue weighted by Crippen LogP contribution is -2.09. The zero-order valence-corrected chi connectivity index (χ0v) is 16.3. The highest BCUT2D eigenvalue weighted by atomic mass is 32.1. The molecule has 1 aliphatic heterocycles. The van der Waals surface area contributed by atoms with E-state index < -0.39 is 0 Å². The van der Waals surface area contributed by atoms with Crippen molar-refractivity contribution < 1.29 is 4.74 Å². The standard InChI is InChI=1S/C20H22N4OS/c1-12-5-13(2)7-14(6-12)22-20-21-9-17-19(23-20)16-8-15(10-24(3)4)26-18(16)11-25-17/h5-9H,10-11H2,1-4H3,(H,21,22,23). The Hall–Kier alpha value is -2.44. The average molecular weight is 366 g/mol. The molecule has 3 heterocycles. The number of ether oxygens (including phenoxy) is 1. The van der Waals surface area contributed by atoms with Crippen LogP contribution in [0.2, 0.25) is 0 Å². The molecule has 0 saturated carbocycles. The number of aromatic nitrogens is 2. The van der Waals surface area contributed by atoms with Gasteiger partial charge in [-0.25, -0.2) is 9.97 Å². The van der Waals surface area contributed by atoms with Crippen molar-refractivity contribution >= 4 is 23.0 Å². The zero-order chi connectivity index (χ0) is 18.3. The summed E-state index contributed by atoms with van der Waals surface area (Å²) in [5, 5.41) is 3.32. The second-order valence-corrected chi connectivity index (χ2v) is 8.21. The van der Waals surface area contributed by atoms with Crippen molar-refractivity contribution in [2.24, 2.45) is 0 Å². The number of hydrogen-bond donors (Lipinski definition) is 1. The van der Waals surface area contributed by atoms with E-state index in [0.29, 0.717) is 12.6 Å². The van der Waals surface area contributed by atoms with Crippen molar-refractivity contribution in [1.29, 1.82) is 0 Å². The largest absolute Gasteiger partial charge is 0.484 e. The molecule has 2 aromatic heterocycles. The molecule has 0 amide bonds.